The van der Waals surface area contributed by atoms with E-state index >= 15 is 0 Å². The Morgan fingerprint density at radius 2 is 0.772 bits per heavy atom. The van der Waals surface area contributed by atoms with E-state index in [0.29, 0.717) is 11.5 Å². The summed E-state index contributed by atoms with van der Waals surface area (Å²) in [6, 6.07) is 76.7. The summed E-state index contributed by atoms with van der Waals surface area (Å²) in [7, 11) is -1.69. The minimum absolute atomic E-state index is 0.691. The number of hydrogen-bond donors (Lipinski definition) is 0. The fourth-order valence-electron chi connectivity index (χ4n) is 6.90. The van der Waals surface area contributed by atoms with E-state index in [1.165, 1.54) is 0 Å². The number of benzene rings is 8. The largest absolute Gasteiger partial charge is 0.435 e. The van der Waals surface area contributed by atoms with E-state index < -0.39 is 8.38 Å². The monoisotopic (exact) mass is 755 g/mol. The molecule has 0 amide bonds. The lowest BCUT2D eigenvalue weighted by molar-refractivity contribution is 0.502. The molecule has 0 aliphatic carbocycles. The molecule has 0 N–H and O–H groups in total. The smallest absolute Gasteiger partial charge is 0.326 e. The zero-order chi connectivity index (χ0) is 38.2. The van der Waals surface area contributed by atoms with Gasteiger partial charge in [0.2, 0.25) is 0 Å². The van der Waals surface area contributed by atoms with Crippen LogP contribution in [0.2, 0.25) is 0 Å². The van der Waals surface area contributed by atoms with Gasteiger partial charge in [-0.15, -0.1) is 0 Å². The molecule has 9 rings (SSSR count). The predicted octanol–water partition coefficient (Wildman–Crippen LogP) is 13.9. The first-order chi connectivity index (χ1) is 28.2. The second-order valence-corrected chi connectivity index (χ2v) is 14.8. The second kappa shape index (κ2) is 16.7. The van der Waals surface area contributed by atoms with Crippen LogP contribution in [0.1, 0.15) is 0 Å². The molecule has 0 spiro atoms. The van der Waals surface area contributed by atoms with Gasteiger partial charge in [-0.2, -0.15) is 0 Å². The van der Waals surface area contributed by atoms with Crippen molar-refractivity contribution in [3.8, 4) is 22.8 Å². The highest BCUT2D eigenvalue weighted by molar-refractivity contribution is 7.56. The number of para-hydroxylation sites is 4. The SMILES string of the molecule is c1ccc(N(c2ccccc2)c2cccc(OP(Oc3cccc(N(c4ccccc4)c4ccccc4)c3)c3cccc(-c4cc5ccccc5cn4)c3)c2)cc1. The summed E-state index contributed by atoms with van der Waals surface area (Å²) in [6.07, 6.45) is 1.93. The number of pyridine rings is 1. The van der Waals surface area contributed by atoms with Crippen LogP contribution in [0, 0.1) is 0 Å². The molecule has 1 heterocycles. The van der Waals surface area contributed by atoms with E-state index in [4.69, 9.17) is 14.0 Å². The third kappa shape index (κ3) is 8.11. The van der Waals surface area contributed by atoms with Crippen molar-refractivity contribution in [3.05, 3.63) is 231 Å². The molecular weight excluding hydrogens is 718 g/mol. The lowest BCUT2D eigenvalue weighted by Crippen LogP contribution is -2.12. The molecule has 0 saturated carbocycles. The third-order valence-electron chi connectivity index (χ3n) is 9.57. The van der Waals surface area contributed by atoms with Gasteiger partial charge in [0.15, 0.2) is 0 Å². The number of rotatable bonds is 12. The summed E-state index contributed by atoms with van der Waals surface area (Å²) in [4.78, 5) is 9.30. The van der Waals surface area contributed by atoms with E-state index in [0.717, 1.165) is 61.5 Å². The normalized spacial score (nSPS) is 11.0. The van der Waals surface area contributed by atoms with Gasteiger partial charge in [-0.1, -0.05) is 121 Å². The van der Waals surface area contributed by atoms with Crippen LogP contribution in [0.5, 0.6) is 11.5 Å². The van der Waals surface area contributed by atoms with E-state index in [2.05, 4.69) is 180 Å². The van der Waals surface area contributed by atoms with Crippen LogP contribution >= 0.6 is 8.38 Å². The van der Waals surface area contributed by atoms with Gasteiger partial charge in [0, 0.05) is 63.4 Å². The molecule has 274 valence electrons. The number of fused-ring (bicyclic) bond motifs is 1. The van der Waals surface area contributed by atoms with Crippen molar-refractivity contribution >= 4 is 58.6 Å². The Labute approximate surface area is 334 Å². The van der Waals surface area contributed by atoms with Crippen LogP contribution < -0.4 is 24.2 Å². The number of anilines is 6. The summed E-state index contributed by atoms with van der Waals surface area (Å²) in [5, 5.41) is 3.16. The molecule has 0 aliphatic rings. The molecule has 5 nitrogen and oxygen atoms in total. The lowest BCUT2D eigenvalue weighted by Gasteiger charge is -2.27. The van der Waals surface area contributed by atoms with Crippen LogP contribution in [0.15, 0.2) is 231 Å². The fourth-order valence-corrected chi connectivity index (χ4v) is 8.21. The third-order valence-corrected chi connectivity index (χ3v) is 11.0. The van der Waals surface area contributed by atoms with Crippen molar-refractivity contribution in [3.63, 3.8) is 0 Å². The van der Waals surface area contributed by atoms with Gasteiger partial charge in [-0.3, -0.25) is 4.98 Å². The molecule has 8 aromatic carbocycles. The van der Waals surface area contributed by atoms with Gasteiger partial charge in [-0.05, 0) is 96.4 Å². The van der Waals surface area contributed by atoms with Crippen molar-refractivity contribution in [1.29, 1.82) is 0 Å². The Hall–Kier alpha value is -7.20. The van der Waals surface area contributed by atoms with Gasteiger partial charge in [0.1, 0.15) is 11.5 Å². The van der Waals surface area contributed by atoms with Gasteiger partial charge >= 0.3 is 8.38 Å². The predicted molar refractivity (Wildman–Crippen MR) is 237 cm³/mol. The van der Waals surface area contributed by atoms with Crippen molar-refractivity contribution in [2.45, 2.75) is 0 Å². The van der Waals surface area contributed by atoms with Crippen molar-refractivity contribution in [1.82, 2.24) is 4.98 Å². The summed E-state index contributed by atoms with van der Waals surface area (Å²) in [5.74, 6) is 1.38. The van der Waals surface area contributed by atoms with Crippen LogP contribution in [0.3, 0.4) is 0 Å². The maximum absolute atomic E-state index is 6.98. The summed E-state index contributed by atoms with van der Waals surface area (Å²) < 4.78 is 14.0. The van der Waals surface area contributed by atoms with Crippen LogP contribution in [0.25, 0.3) is 22.0 Å². The molecule has 0 bridgehead atoms. The molecular formula is C51H38N3O2P. The standard InChI is InChI=1S/C51H38N3O2P/c1-5-21-42(22-6-1)53(43-23-7-2-8-24-43)46-29-16-31-48(36-46)55-57(50-33-15-20-40(34-50)51-35-39-18-13-14-19-41(39)38-52-51)56-49-32-17-30-47(37-49)54(44-25-9-3-10-26-44)45-27-11-4-12-28-45/h1-38H. The highest BCUT2D eigenvalue weighted by Gasteiger charge is 2.22. The van der Waals surface area contributed by atoms with Crippen molar-refractivity contribution in [2.75, 3.05) is 9.80 Å². The quantitative estimate of drug-likeness (QED) is 0.116. The molecule has 9 aromatic rings. The Bertz CT molecular complexity index is 2510. The van der Waals surface area contributed by atoms with Crippen LogP contribution in [-0.2, 0) is 0 Å². The maximum atomic E-state index is 6.98. The zero-order valence-corrected chi connectivity index (χ0v) is 31.9. The number of aromatic nitrogens is 1. The molecule has 6 heteroatoms. The molecule has 1 aromatic heterocycles. The van der Waals surface area contributed by atoms with E-state index in [1.54, 1.807) is 0 Å². The average molecular weight is 756 g/mol. The Balaban J connectivity index is 1.11. The van der Waals surface area contributed by atoms with Crippen molar-refractivity contribution in [2.24, 2.45) is 0 Å². The van der Waals surface area contributed by atoms with Gasteiger partial charge in [-0.25, -0.2) is 0 Å². The molecule has 57 heavy (non-hydrogen) atoms. The topological polar surface area (TPSA) is 37.8 Å². The minimum atomic E-state index is -1.69. The van der Waals surface area contributed by atoms with Crippen molar-refractivity contribution < 1.29 is 9.05 Å². The van der Waals surface area contributed by atoms with E-state index in [1.807, 2.05) is 60.8 Å². The highest BCUT2D eigenvalue weighted by Crippen LogP contribution is 2.44. The first-order valence-corrected chi connectivity index (χ1v) is 20.0. The molecule has 0 saturated heterocycles. The maximum Gasteiger partial charge on any atom is 0.326 e. The average Bonchev–Trinajstić information content (AvgIpc) is 3.28. The zero-order valence-electron chi connectivity index (χ0n) is 31.0. The highest BCUT2D eigenvalue weighted by atomic mass is 31.2. The number of hydrogen-bond acceptors (Lipinski definition) is 5. The van der Waals surface area contributed by atoms with Gasteiger partial charge in [0.05, 0.1) is 11.0 Å². The second-order valence-electron chi connectivity index (χ2n) is 13.4. The van der Waals surface area contributed by atoms with E-state index in [-0.39, 0.29) is 0 Å². The van der Waals surface area contributed by atoms with Gasteiger partial charge < -0.3 is 18.8 Å². The summed E-state index contributed by atoms with van der Waals surface area (Å²) in [5.41, 5.74) is 8.01. The molecule has 0 radical (unpaired) electrons. The first kappa shape index (κ1) is 35.5. The van der Waals surface area contributed by atoms with Crippen LogP contribution in [0.4, 0.5) is 34.1 Å². The molecule has 0 fully saturated rings. The molecule has 0 aliphatic heterocycles. The Morgan fingerprint density at radius 3 is 1.26 bits per heavy atom. The van der Waals surface area contributed by atoms with Crippen LogP contribution in [-0.4, -0.2) is 4.98 Å². The van der Waals surface area contributed by atoms with Gasteiger partial charge in [0.25, 0.3) is 0 Å². The fraction of sp³-hybridized carbons (Fsp3) is 0. The summed E-state index contributed by atoms with van der Waals surface area (Å²) in [6.45, 7) is 0. The summed E-state index contributed by atoms with van der Waals surface area (Å²) >= 11 is 0. The number of nitrogens with zero attached hydrogens (tertiary/aromatic N) is 3. The Morgan fingerprint density at radius 1 is 0.351 bits per heavy atom. The molecule has 0 unspecified atom stereocenters. The Kier molecular flexibility index (Phi) is 10.4. The minimum Gasteiger partial charge on any atom is -0.435 e. The van der Waals surface area contributed by atoms with E-state index in [9.17, 15) is 0 Å². The molecule has 0 atom stereocenters. The lowest BCUT2D eigenvalue weighted by atomic mass is 10.1. The first-order valence-electron chi connectivity index (χ1n) is 18.9.